The van der Waals surface area contributed by atoms with Crippen LogP contribution >= 0.6 is 11.6 Å². The largest absolute Gasteiger partial charge is 0.411 e. The molecule has 2 aliphatic rings. The molecule has 1 saturated carbocycles. The van der Waals surface area contributed by atoms with Crippen molar-refractivity contribution in [1.29, 1.82) is 0 Å². The zero-order chi connectivity index (χ0) is 20.2. The van der Waals surface area contributed by atoms with E-state index < -0.39 is 5.82 Å². The lowest BCUT2D eigenvalue weighted by molar-refractivity contribution is 0.318. The summed E-state index contributed by atoms with van der Waals surface area (Å²) >= 11 is 5.87. The summed E-state index contributed by atoms with van der Waals surface area (Å²) in [7, 11) is 0. The van der Waals surface area contributed by atoms with Gasteiger partial charge in [-0.3, -0.25) is 4.99 Å². The van der Waals surface area contributed by atoms with Crippen molar-refractivity contribution >= 4 is 29.0 Å². The maximum absolute atomic E-state index is 13.4. The molecule has 0 saturated heterocycles. The molecule has 0 bridgehead atoms. The molecule has 1 aliphatic carbocycles. The molecule has 4 rings (SSSR count). The lowest BCUT2D eigenvalue weighted by Gasteiger charge is -2.09. The van der Waals surface area contributed by atoms with Crippen molar-refractivity contribution in [1.82, 2.24) is 10.3 Å². The Bertz CT molecular complexity index is 958. The summed E-state index contributed by atoms with van der Waals surface area (Å²) in [6.07, 6.45) is 6.18. The van der Waals surface area contributed by atoms with Crippen LogP contribution in [-0.2, 0) is 12.8 Å². The normalized spacial score (nSPS) is 17.4. The van der Waals surface area contributed by atoms with Crippen molar-refractivity contribution in [2.24, 2.45) is 10.1 Å². The quantitative estimate of drug-likeness (QED) is 0.265. The van der Waals surface area contributed by atoms with Gasteiger partial charge in [-0.05, 0) is 49.6 Å². The average molecular weight is 416 g/mol. The van der Waals surface area contributed by atoms with Gasteiger partial charge in [0.15, 0.2) is 0 Å². The third-order valence-corrected chi connectivity index (χ3v) is 5.39. The zero-order valence-electron chi connectivity index (χ0n) is 16.0. The highest BCUT2D eigenvalue weighted by Gasteiger charge is 2.23. The second-order valence-corrected chi connectivity index (χ2v) is 7.78. The first-order chi connectivity index (χ1) is 14.1. The first-order valence-corrected chi connectivity index (χ1v) is 10.2. The number of halogens is 2. The maximum atomic E-state index is 13.4. The third-order valence-electron chi connectivity index (χ3n) is 5.10. The topological polar surface area (TPSA) is 81.9 Å². The van der Waals surface area contributed by atoms with Crippen LogP contribution in [0, 0.1) is 5.82 Å². The summed E-state index contributed by atoms with van der Waals surface area (Å²) in [5.74, 6) is 1.13. The van der Waals surface area contributed by atoms with E-state index in [1.807, 2.05) is 6.07 Å². The lowest BCUT2D eigenvalue weighted by atomic mass is 9.98. The van der Waals surface area contributed by atoms with Crippen LogP contribution in [0.1, 0.15) is 36.0 Å². The Hall–Kier alpha value is -2.51. The van der Waals surface area contributed by atoms with E-state index in [1.54, 1.807) is 18.3 Å². The molecule has 0 radical (unpaired) electrons. The smallest absolute Gasteiger partial charge is 0.141 e. The molecule has 8 heteroatoms. The summed E-state index contributed by atoms with van der Waals surface area (Å²) in [6, 6.07) is 7.03. The molecule has 2 aromatic rings. The minimum Gasteiger partial charge on any atom is -0.411 e. The fourth-order valence-corrected chi connectivity index (χ4v) is 3.61. The number of benzene rings is 1. The van der Waals surface area contributed by atoms with Crippen molar-refractivity contribution in [3.05, 3.63) is 58.0 Å². The van der Waals surface area contributed by atoms with Gasteiger partial charge in [0.2, 0.25) is 0 Å². The monoisotopic (exact) mass is 415 g/mol. The zero-order valence-corrected chi connectivity index (χ0v) is 16.7. The van der Waals surface area contributed by atoms with Crippen LogP contribution in [0.25, 0.3) is 0 Å². The van der Waals surface area contributed by atoms with Crippen LogP contribution in [0.2, 0.25) is 5.02 Å². The number of oxime groups is 1. The Morgan fingerprint density at radius 3 is 2.97 bits per heavy atom. The molecule has 3 N–H and O–H groups in total. The minimum atomic E-state index is -0.472. The van der Waals surface area contributed by atoms with Gasteiger partial charge in [-0.25, -0.2) is 9.37 Å². The fourth-order valence-electron chi connectivity index (χ4n) is 3.41. The van der Waals surface area contributed by atoms with Gasteiger partial charge < -0.3 is 15.8 Å². The van der Waals surface area contributed by atoms with Gasteiger partial charge >= 0.3 is 0 Å². The standard InChI is InChI=1S/C21H23ClFN5O/c22-17-10-13(2-5-18(17)23)11-19(28-29)15-6-9-26-21-16(15)12-20(27-21)25-8-1-7-24-14-3-4-14/h2,5-6,9-10,14,24,29H,1,3-4,7-8,11-12H2,(H,25,26,27)/b28-19+. The molecule has 152 valence electrons. The molecule has 1 aliphatic heterocycles. The molecular weight excluding hydrogens is 393 g/mol. The van der Waals surface area contributed by atoms with Gasteiger partial charge in [0.05, 0.1) is 10.7 Å². The summed E-state index contributed by atoms with van der Waals surface area (Å²) in [6.45, 7) is 1.74. The number of aromatic nitrogens is 1. The molecule has 1 fully saturated rings. The molecular formula is C21H23ClFN5O. The van der Waals surface area contributed by atoms with Crippen LogP contribution in [0.4, 0.5) is 10.2 Å². The van der Waals surface area contributed by atoms with Gasteiger partial charge in [-0.15, -0.1) is 0 Å². The van der Waals surface area contributed by atoms with E-state index in [0.29, 0.717) is 18.6 Å². The molecule has 1 aromatic carbocycles. The average Bonchev–Trinajstić information content (AvgIpc) is 3.45. The molecule has 2 heterocycles. The van der Waals surface area contributed by atoms with Gasteiger partial charge in [0, 0.05) is 42.8 Å². The van der Waals surface area contributed by atoms with E-state index >= 15 is 0 Å². The summed E-state index contributed by atoms with van der Waals surface area (Å²) in [4.78, 5) is 9.03. The van der Waals surface area contributed by atoms with Crippen molar-refractivity contribution in [3.63, 3.8) is 0 Å². The summed E-state index contributed by atoms with van der Waals surface area (Å²) < 4.78 is 13.4. The molecule has 1 aromatic heterocycles. The number of pyridine rings is 1. The van der Waals surface area contributed by atoms with Crippen LogP contribution in [0.3, 0.4) is 0 Å². The Balaban J connectivity index is 1.44. The number of fused-ring (bicyclic) bond motifs is 1. The van der Waals surface area contributed by atoms with Crippen LogP contribution in [0.5, 0.6) is 0 Å². The van der Waals surface area contributed by atoms with E-state index in [4.69, 9.17) is 11.6 Å². The third kappa shape index (κ3) is 4.92. The number of rotatable bonds is 8. The molecule has 6 nitrogen and oxygen atoms in total. The lowest BCUT2D eigenvalue weighted by Crippen LogP contribution is -2.18. The van der Waals surface area contributed by atoms with E-state index in [-0.39, 0.29) is 5.02 Å². The SMILES string of the molecule is O/N=C(\Cc1ccc(F)c(Cl)c1)c1ccnc2c1CC(=NCCCNC1CC1)N2. The van der Waals surface area contributed by atoms with Gasteiger partial charge in [0.25, 0.3) is 0 Å². The number of nitrogens with zero attached hydrogens (tertiary/aromatic N) is 3. The summed E-state index contributed by atoms with van der Waals surface area (Å²) in [5, 5.41) is 19.9. The highest BCUT2D eigenvalue weighted by molar-refractivity contribution is 6.30. The van der Waals surface area contributed by atoms with E-state index in [2.05, 4.69) is 25.8 Å². The van der Waals surface area contributed by atoms with Crippen molar-refractivity contribution in [3.8, 4) is 0 Å². The van der Waals surface area contributed by atoms with Crippen LogP contribution < -0.4 is 10.6 Å². The van der Waals surface area contributed by atoms with E-state index in [0.717, 1.165) is 53.9 Å². The Kier molecular flexibility index (Phi) is 6.06. The fraction of sp³-hybridized carbons (Fsp3) is 0.381. The minimum absolute atomic E-state index is 0.0482. The van der Waals surface area contributed by atoms with Crippen molar-refractivity contribution in [2.75, 3.05) is 18.4 Å². The van der Waals surface area contributed by atoms with Gasteiger partial charge in [0.1, 0.15) is 17.5 Å². The molecule has 0 unspecified atom stereocenters. The van der Waals surface area contributed by atoms with Gasteiger partial charge in [-0.2, -0.15) is 0 Å². The van der Waals surface area contributed by atoms with Crippen molar-refractivity contribution in [2.45, 2.75) is 38.1 Å². The predicted molar refractivity (Wildman–Crippen MR) is 113 cm³/mol. The Morgan fingerprint density at radius 1 is 1.34 bits per heavy atom. The molecule has 0 atom stereocenters. The maximum Gasteiger partial charge on any atom is 0.141 e. The Morgan fingerprint density at radius 2 is 2.21 bits per heavy atom. The highest BCUT2D eigenvalue weighted by atomic mass is 35.5. The summed E-state index contributed by atoms with van der Waals surface area (Å²) in [5.41, 5.74) is 2.98. The second-order valence-electron chi connectivity index (χ2n) is 7.37. The van der Waals surface area contributed by atoms with E-state index in [1.165, 1.54) is 18.9 Å². The molecule has 29 heavy (non-hydrogen) atoms. The number of hydrogen-bond donors (Lipinski definition) is 3. The van der Waals surface area contributed by atoms with E-state index in [9.17, 15) is 9.60 Å². The van der Waals surface area contributed by atoms with Crippen molar-refractivity contribution < 1.29 is 9.60 Å². The van der Waals surface area contributed by atoms with Gasteiger partial charge in [-0.1, -0.05) is 22.8 Å². The first-order valence-electron chi connectivity index (χ1n) is 9.81. The highest BCUT2D eigenvalue weighted by Crippen LogP contribution is 2.26. The number of anilines is 1. The number of amidine groups is 1. The predicted octanol–water partition coefficient (Wildman–Crippen LogP) is 3.80. The number of hydrogen-bond acceptors (Lipinski definition) is 5. The molecule has 0 spiro atoms. The first kappa shape index (κ1) is 19.8. The number of nitrogens with one attached hydrogen (secondary N) is 2. The Labute approximate surface area is 173 Å². The van der Waals surface area contributed by atoms with Crippen LogP contribution in [-0.4, -0.2) is 40.9 Å². The number of aliphatic imine (C=N–C) groups is 1. The second kappa shape index (κ2) is 8.88. The van der Waals surface area contributed by atoms with Crippen LogP contribution in [0.15, 0.2) is 40.6 Å². The molecule has 0 amide bonds.